The van der Waals surface area contributed by atoms with Crippen molar-refractivity contribution in [1.82, 2.24) is 10.3 Å². The van der Waals surface area contributed by atoms with Gasteiger partial charge in [-0.25, -0.2) is 10.6 Å². The molecule has 28 heavy (non-hydrogen) atoms. The Bertz CT molecular complexity index is 819. The molecule has 0 heterocycles. The number of carbonyl (C=O) groups excluding carboxylic acids is 1. The number of amidine groups is 1. The Morgan fingerprint density at radius 2 is 1.89 bits per heavy atom. The fourth-order valence-electron chi connectivity index (χ4n) is 2.61. The number of nitrogens with zero attached hydrogens (tertiary/aromatic N) is 1. The van der Waals surface area contributed by atoms with Crippen LogP contribution in [0, 0.1) is 5.41 Å². The normalized spacial score (nSPS) is 11.0. The standard InChI is InChI=1S/C21H27ClN4O2/c1-21(2,3)28-20(27)26(12-11-19(23)25-24)14-15-9-10-17(18(22)13-15)16-7-5-4-6-8-16/h4-10,13H,11-12,14,24H2,1-3H3,(H2,23,25). The summed E-state index contributed by atoms with van der Waals surface area (Å²) in [7, 11) is 0. The summed E-state index contributed by atoms with van der Waals surface area (Å²) in [6, 6.07) is 15.6. The Morgan fingerprint density at radius 3 is 2.46 bits per heavy atom. The maximum atomic E-state index is 12.6. The second kappa shape index (κ2) is 9.57. The third-order valence-electron chi connectivity index (χ3n) is 3.95. The summed E-state index contributed by atoms with van der Waals surface area (Å²) in [6.45, 7) is 6.08. The summed E-state index contributed by atoms with van der Waals surface area (Å²) < 4.78 is 5.49. The number of amides is 1. The van der Waals surface area contributed by atoms with Gasteiger partial charge in [-0.3, -0.25) is 5.41 Å². The van der Waals surface area contributed by atoms with E-state index in [0.29, 0.717) is 24.5 Å². The highest BCUT2D eigenvalue weighted by Crippen LogP contribution is 2.29. The first-order chi connectivity index (χ1) is 13.2. The molecule has 0 aliphatic rings. The number of hydrazine groups is 1. The van der Waals surface area contributed by atoms with Gasteiger partial charge in [0.2, 0.25) is 0 Å². The molecule has 0 radical (unpaired) electrons. The van der Waals surface area contributed by atoms with Gasteiger partial charge in [-0.2, -0.15) is 0 Å². The second-order valence-corrected chi connectivity index (χ2v) is 7.86. The van der Waals surface area contributed by atoms with Crippen LogP contribution in [-0.4, -0.2) is 29.0 Å². The van der Waals surface area contributed by atoms with Gasteiger partial charge >= 0.3 is 6.09 Å². The fourth-order valence-corrected chi connectivity index (χ4v) is 2.92. The predicted molar refractivity (Wildman–Crippen MR) is 113 cm³/mol. The van der Waals surface area contributed by atoms with Crippen molar-refractivity contribution in [3.8, 4) is 11.1 Å². The quantitative estimate of drug-likeness (QED) is 0.285. The van der Waals surface area contributed by atoms with Crippen LogP contribution in [0.1, 0.15) is 32.8 Å². The summed E-state index contributed by atoms with van der Waals surface area (Å²) in [4.78, 5) is 14.1. The molecule has 0 aromatic heterocycles. The van der Waals surface area contributed by atoms with E-state index in [9.17, 15) is 4.79 Å². The van der Waals surface area contributed by atoms with Crippen molar-refractivity contribution in [1.29, 1.82) is 5.41 Å². The molecule has 0 aliphatic heterocycles. The molecule has 7 heteroatoms. The lowest BCUT2D eigenvalue weighted by Crippen LogP contribution is -2.39. The van der Waals surface area contributed by atoms with Gasteiger partial charge in [-0.15, -0.1) is 0 Å². The highest BCUT2D eigenvalue weighted by Gasteiger charge is 2.22. The lowest BCUT2D eigenvalue weighted by Gasteiger charge is -2.27. The Labute approximate surface area is 171 Å². The Morgan fingerprint density at radius 1 is 1.21 bits per heavy atom. The molecule has 2 aromatic carbocycles. The van der Waals surface area contributed by atoms with E-state index in [0.717, 1.165) is 16.7 Å². The maximum absolute atomic E-state index is 12.6. The van der Waals surface area contributed by atoms with Crippen molar-refractivity contribution in [2.24, 2.45) is 5.84 Å². The van der Waals surface area contributed by atoms with Gasteiger partial charge in [-0.1, -0.05) is 54.1 Å². The molecule has 2 rings (SSSR count). The van der Waals surface area contributed by atoms with Crippen LogP contribution in [0.4, 0.5) is 4.79 Å². The molecule has 0 fully saturated rings. The molecule has 1 amide bonds. The van der Waals surface area contributed by atoms with Gasteiger partial charge in [0.25, 0.3) is 0 Å². The van der Waals surface area contributed by atoms with E-state index in [1.165, 1.54) is 0 Å². The molecular weight excluding hydrogens is 376 g/mol. The van der Waals surface area contributed by atoms with E-state index in [2.05, 4.69) is 5.43 Å². The summed E-state index contributed by atoms with van der Waals surface area (Å²) in [5.41, 5.74) is 4.53. The van der Waals surface area contributed by atoms with E-state index in [1.54, 1.807) is 4.90 Å². The summed E-state index contributed by atoms with van der Waals surface area (Å²) in [6.07, 6.45) is -0.147. The zero-order valence-corrected chi connectivity index (χ0v) is 17.2. The lowest BCUT2D eigenvalue weighted by molar-refractivity contribution is 0.0239. The van der Waals surface area contributed by atoms with Crippen molar-refractivity contribution in [3.63, 3.8) is 0 Å². The van der Waals surface area contributed by atoms with E-state index in [-0.39, 0.29) is 5.84 Å². The van der Waals surface area contributed by atoms with Crippen molar-refractivity contribution in [3.05, 3.63) is 59.1 Å². The first-order valence-corrected chi connectivity index (χ1v) is 9.43. The second-order valence-electron chi connectivity index (χ2n) is 7.46. The first-order valence-electron chi connectivity index (χ1n) is 9.05. The Balaban J connectivity index is 2.19. The van der Waals surface area contributed by atoms with Crippen molar-refractivity contribution >= 4 is 23.5 Å². The summed E-state index contributed by atoms with van der Waals surface area (Å²) in [5, 5.41) is 8.27. The monoisotopic (exact) mass is 402 g/mol. The zero-order chi connectivity index (χ0) is 20.7. The van der Waals surface area contributed by atoms with Crippen LogP contribution in [0.3, 0.4) is 0 Å². The van der Waals surface area contributed by atoms with Crippen LogP contribution in [0.15, 0.2) is 48.5 Å². The molecule has 0 unspecified atom stereocenters. The van der Waals surface area contributed by atoms with E-state index >= 15 is 0 Å². The SMILES string of the molecule is CC(C)(C)OC(=O)N(CCC(=N)NN)Cc1ccc(-c2ccccc2)c(Cl)c1. The molecule has 0 aliphatic carbocycles. The van der Waals surface area contributed by atoms with Crippen LogP contribution in [0.5, 0.6) is 0 Å². The van der Waals surface area contributed by atoms with Crippen LogP contribution >= 0.6 is 11.6 Å². The minimum Gasteiger partial charge on any atom is -0.444 e. The lowest BCUT2D eigenvalue weighted by atomic mass is 10.0. The number of nitrogens with one attached hydrogen (secondary N) is 2. The fraction of sp³-hybridized carbons (Fsp3) is 0.333. The van der Waals surface area contributed by atoms with Crippen LogP contribution in [0.25, 0.3) is 11.1 Å². The molecule has 0 atom stereocenters. The highest BCUT2D eigenvalue weighted by molar-refractivity contribution is 6.33. The van der Waals surface area contributed by atoms with Crippen molar-refractivity contribution in [2.75, 3.05) is 6.54 Å². The number of hydrogen-bond acceptors (Lipinski definition) is 4. The van der Waals surface area contributed by atoms with E-state index in [1.807, 2.05) is 69.3 Å². The number of nitrogens with two attached hydrogens (primary N) is 1. The average Bonchev–Trinajstić information content (AvgIpc) is 2.64. The molecule has 0 spiro atoms. The van der Waals surface area contributed by atoms with Crippen LogP contribution in [-0.2, 0) is 11.3 Å². The number of ether oxygens (including phenoxy) is 1. The smallest absolute Gasteiger partial charge is 0.410 e. The molecule has 6 nitrogen and oxygen atoms in total. The Kier molecular flexibility index (Phi) is 7.43. The predicted octanol–water partition coefficient (Wildman–Crippen LogP) is 4.57. The van der Waals surface area contributed by atoms with Gasteiger partial charge in [-0.05, 0) is 38.0 Å². The first kappa shape index (κ1) is 21.7. The number of halogens is 1. The topological polar surface area (TPSA) is 91.4 Å². The summed E-state index contributed by atoms with van der Waals surface area (Å²) in [5.74, 6) is 5.40. The Hall–Kier alpha value is -2.57. The molecule has 0 saturated carbocycles. The van der Waals surface area contributed by atoms with Crippen LogP contribution < -0.4 is 11.3 Å². The van der Waals surface area contributed by atoms with E-state index in [4.69, 9.17) is 27.6 Å². The molecule has 0 saturated heterocycles. The number of carbonyl (C=O) groups is 1. The highest BCUT2D eigenvalue weighted by atomic mass is 35.5. The van der Waals surface area contributed by atoms with Crippen LogP contribution in [0.2, 0.25) is 5.02 Å². The third-order valence-corrected chi connectivity index (χ3v) is 4.26. The largest absolute Gasteiger partial charge is 0.444 e. The van der Waals surface area contributed by atoms with Gasteiger partial charge in [0.1, 0.15) is 11.4 Å². The van der Waals surface area contributed by atoms with Gasteiger partial charge in [0.05, 0.1) is 0 Å². The number of hydrogen-bond donors (Lipinski definition) is 3. The van der Waals surface area contributed by atoms with Gasteiger partial charge < -0.3 is 15.1 Å². The number of rotatable bonds is 6. The number of benzene rings is 2. The molecule has 0 bridgehead atoms. The summed E-state index contributed by atoms with van der Waals surface area (Å²) >= 11 is 6.49. The minimum absolute atomic E-state index is 0.144. The van der Waals surface area contributed by atoms with E-state index < -0.39 is 11.7 Å². The van der Waals surface area contributed by atoms with Crippen molar-refractivity contribution in [2.45, 2.75) is 39.3 Å². The average molecular weight is 403 g/mol. The molecular formula is C21H27ClN4O2. The minimum atomic E-state index is -0.607. The maximum Gasteiger partial charge on any atom is 0.410 e. The van der Waals surface area contributed by atoms with Crippen molar-refractivity contribution < 1.29 is 9.53 Å². The zero-order valence-electron chi connectivity index (χ0n) is 16.5. The van der Waals surface area contributed by atoms with Gasteiger partial charge in [0.15, 0.2) is 0 Å². The third kappa shape index (κ3) is 6.55. The molecule has 4 N–H and O–H groups in total. The van der Waals surface area contributed by atoms with Gasteiger partial charge in [0, 0.05) is 30.1 Å². The molecule has 150 valence electrons. The molecule has 2 aromatic rings.